The molecule has 0 aliphatic carbocycles. The lowest BCUT2D eigenvalue weighted by atomic mass is 10.0. The predicted octanol–water partition coefficient (Wildman–Crippen LogP) is 5.71. The molecular weight excluding hydrogens is 366 g/mol. The van der Waals surface area contributed by atoms with Crippen molar-refractivity contribution in [3.8, 4) is 0 Å². The van der Waals surface area contributed by atoms with E-state index < -0.39 is 0 Å². The number of aryl methyl sites for hydroxylation is 2. The van der Waals surface area contributed by atoms with Gasteiger partial charge in [-0.3, -0.25) is 4.98 Å². The quantitative estimate of drug-likeness (QED) is 0.309. The van der Waals surface area contributed by atoms with E-state index in [0.29, 0.717) is 29.4 Å². The van der Waals surface area contributed by atoms with E-state index in [1.54, 1.807) is 11.8 Å². The molecule has 0 spiro atoms. The molecule has 0 bridgehead atoms. The first-order chi connectivity index (χ1) is 12.6. The highest BCUT2D eigenvalue weighted by molar-refractivity contribution is 7.99. The average molecular weight is 386 g/mol. The van der Waals surface area contributed by atoms with Crippen molar-refractivity contribution in [2.24, 2.45) is 0 Å². The van der Waals surface area contributed by atoms with Crippen LogP contribution in [-0.4, -0.2) is 23.3 Å². The van der Waals surface area contributed by atoms with Gasteiger partial charge in [-0.15, -0.1) is 11.8 Å². The molecule has 0 fully saturated rings. The zero-order chi connectivity index (χ0) is 18.5. The molecule has 26 heavy (non-hydrogen) atoms. The molecule has 0 radical (unpaired) electrons. The van der Waals surface area contributed by atoms with Crippen molar-refractivity contribution in [1.82, 2.24) is 4.98 Å². The van der Waals surface area contributed by atoms with Crippen LogP contribution in [-0.2, 0) is 11.2 Å². The molecular formula is C21H20ClNO2S. The topological polar surface area (TPSA) is 39.2 Å². The summed E-state index contributed by atoms with van der Waals surface area (Å²) in [4.78, 5) is 18.4. The number of halogens is 1. The van der Waals surface area contributed by atoms with Gasteiger partial charge in [0.15, 0.2) is 0 Å². The second kappa shape index (κ2) is 8.56. The normalized spacial score (nSPS) is 10.9. The van der Waals surface area contributed by atoms with Crippen LogP contribution in [0.1, 0.15) is 28.5 Å². The van der Waals surface area contributed by atoms with E-state index in [1.165, 1.54) is 0 Å². The Hall–Kier alpha value is -2.04. The van der Waals surface area contributed by atoms with E-state index in [4.69, 9.17) is 16.3 Å². The molecule has 3 nitrogen and oxygen atoms in total. The lowest BCUT2D eigenvalue weighted by Gasteiger charge is -2.13. The van der Waals surface area contributed by atoms with E-state index in [0.717, 1.165) is 27.1 Å². The number of para-hydroxylation sites is 1. The number of carbonyl (C=O) groups is 1. The molecule has 1 aromatic heterocycles. The summed E-state index contributed by atoms with van der Waals surface area (Å²) < 4.78 is 5.52. The molecule has 0 atom stereocenters. The Morgan fingerprint density at radius 3 is 2.62 bits per heavy atom. The minimum atomic E-state index is -0.297. The minimum Gasteiger partial charge on any atom is -0.461 e. The van der Waals surface area contributed by atoms with Gasteiger partial charge in [-0.1, -0.05) is 36.7 Å². The minimum absolute atomic E-state index is 0.297. The van der Waals surface area contributed by atoms with E-state index in [1.807, 2.05) is 62.4 Å². The second-order valence-electron chi connectivity index (χ2n) is 5.87. The van der Waals surface area contributed by atoms with Crippen LogP contribution in [0.5, 0.6) is 0 Å². The molecule has 134 valence electrons. The van der Waals surface area contributed by atoms with Crippen LogP contribution in [0.2, 0.25) is 5.02 Å². The van der Waals surface area contributed by atoms with Crippen LogP contribution in [0, 0.1) is 6.92 Å². The number of aromatic nitrogens is 1. The molecule has 3 rings (SSSR count). The van der Waals surface area contributed by atoms with Gasteiger partial charge < -0.3 is 4.74 Å². The maximum Gasteiger partial charge on any atom is 0.340 e. The maximum absolute atomic E-state index is 12.7. The first-order valence-electron chi connectivity index (χ1n) is 8.54. The third-order valence-corrected chi connectivity index (χ3v) is 5.39. The number of pyridine rings is 1. The van der Waals surface area contributed by atoms with Crippen LogP contribution >= 0.6 is 23.4 Å². The molecule has 0 aliphatic rings. The highest BCUT2D eigenvalue weighted by Crippen LogP contribution is 2.24. The summed E-state index contributed by atoms with van der Waals surface area (Å²) in [6.45, 7) is 4.31. The van der Waals surface area contributed by atoms with Gasteiger partial charge in [0, 0.05) is 21.1 Å². The Morgan fingerprint density at radius 2 is 1.88 bits per heavy atom. The van der Waals surface area contributed by atoms with Crippen LogP contribution in [0.3, 0.4) is 0 Å². The van der Waals surface area contributed by atoms with Crippen molar-refractivity contribution in [3.05, 3.63) is 70.4 Å². The van der Waals surface area contributed by atoms with Gasteiger partial charge in [0.1, 0.15) is 6.61 Å². The fraction of sp³-hybridized carbons (Fsp3) is 0.238. The number of fused-ring (bicyclic) bond motifs is 1. The largest absolute Gasteiger partial charge is 0.461 e. The molecule has 0 saturated carbocycles. The number of hydrogen-bond donors (Lipinski definition) is 0. The molecule has 5 heteroatoms. The Bertz CT molecular complexity index is 925. The number of carbonyl (C=O) groups excluding carboxylic acids is 1. The number of ether oxygens (including phenoxy) is 1. The summed E-state index contributed by atoms with van der Waals surface area (Å²) in [5, 5.41) is 1.71. The molecule has 0 unspecified atom stereocenters. The first kappa shape index (κ1) is 18.7. The molecule has 2 aromatic carbocycles. The number of benzene rings is 2. The van der Waals surface area contributed by atoms with E-state index in [-0.39, 0.29) is 5.97 Å². The second-order valence-corrected chi connectivity index (χ2v) is 7.47. The van der Waals surface area contributed by atoms with E-state index in [2.05, 4.69) is 4.98 Å². The van der Waals surface area contributed by atoms with Crippen molar-refractivity contribution in [1.29, 1.82) is 0 Å². The van der Waals surface area contributed by atoms with Gasteiger partial charge in [0.25, 0.3) is 0 Å². The lowest BCUT2D eigenvalue weighted by molar-refractivity contribution is 0.0528. The third-order valence-electron chi connectivity index (χ3n) is 4.16. The van der Waals surface area contributed by atoms with Gasteiger partial charge in [-0.2, -0.15) is 0 Å². The molecule has 0 aliphatic heterocycles. The van der Waals surface area contributed by atoms with Crippen LogP contribution in [0.4, 0.5) is 0 Å². The van der Waals surface area contributed by atoms with Crippen LogP contribution in [0.15, 0.2) is 53.4 Å². The Morgan fingerprint density at radius 1 is 1.15 bits per heavy atom. The SMILES string of the molecule is CCc1nc2ccccc2c(C)c1C(=O)OCCSc1ccc(Cl)cc1. The van der Waals surface area contributed by atoms with Gasteiger partial charge in [0.2, 0.25) is 0 Å². The van der Waals surface area contributed by atoms with Gasteiger partial charge in [0.05, 0.1) is 16.8 Å². The van der Waals surface area contributed by atoms with Gasteiger partial charge in [-0.05, 0) is 49.2 Å². The smallest absolute Gasteiger partial charge is 0.340 e. The van der Waals surface area contributed by atoms with Crippen molar-refractivity contribution in [2.45, 2.75) is 25.2 Å². The van der Waals surface area contributed by atoms with Crippen molar-refractivity contribution < 1.29 is 9.53 Å². The van der Waals surface area contributed by atoms with Gasteiger partial charge in [-0.25, -0.2) is 4.79 Å². The summed E-state index contributed by atoms with van der Waals surface area (Å²) in [7, 11) is 0. The molecule has 0 amide bonds. The highest BCUT2D eigenvalue weighted by Gasteiger charge is 2.18. The average Bonchev–Trinajstić information content (AvgIpc) is 2.66. The zero-order valence-corrected chi connectivity index (χ0v) is 16.4. The molecule has 1 heterocycles. The van der Waals surface area contributed by atoms with Gasteiger partial charge >= 0.3 is 5.97 Å². The van der Waals surface area contributed by atoms with Crippen molar-refractivity contribution >= 4 is 40.2 Å². The number of hydrogen-bond acceptors (Lipinski definition) is 4. The summed E-state index contributed by atoms with van der Waals surface area (Å²) >= 11 is 7.51. The molecule has 0 saturated heterocycles. The standard InChI is InChI=1S/C21H20ClNO2S/c1-3-18-20(14(2)17-6-4-5-7-19(17)23-18)21(24)25-12-13-26-16-10-8-15(22)9-11-16/h4-11H,3,12-13H2,1-2H3. The fourth-order valence-corrected chi connectivity index (χ4v) is 3.72. The first-order valence-corrected chi connectivity index (χ1v) is 9.90. The fourth-order valence-electron chi connectivity index (χ4n) is 2.86. The van der Waals surface area contributed by atoms with Crippen LogP contribution < -0.4 is 0 Å². The summed E-state index contributed by atoms with van der Waals surface area (Å²) in [5.74, 6) is 0.392. The summed E-state index contributed by atoms with van der Waals surface area (Å²) in [5.41, 5.74) is 3.23. The number of nitrogens with zero attached hydrogens (tertiary/aromatic N) is 1. The van der Waals surface area contributed by atoms with Crippen molar-refractivity contribution in [2.75, 3.05) is 12.4 Å². The molecule has 3 aromatic rings. The number of esters is 1. The third kappa shape index (κ3) is 4.19. The van der Waals surface area contributed by atoms with E-state index >= 15 is 0 Å². The highest BCUT2D eigenvalue weighted by atomic mass is 35.5. The predicted molar refractivity (Wildman–Crippen MR) is 108 cm³/mol. The Kier molecular flexibility index (Phi) is 6.17. The monoisotopic (exact) mass is 385 g/mol. The Labute approximate surface area is 162 Å². The zero-order valence-electron chi connectivity index (χ0n) is 14.8. The van der Waals surface area contributed by atoms with Crippen molar-refractivity contribution in [3.63, 3.8) is 0 Å². The number of thioether (sulfide) groups is 1. The number of rotatable bonds is 6. The summed E-state index contributed by atoms with van der Waals surface area (Å²) in [6, 6.07) is 15.5. The van der Waals surface area contributed by atoms with Crippen LogP contribution in [0.25, 0.3) is 10.9 Å². The Balaban J connectivity index is 1.69. The maximum atomic E-state index is 12.7. The molecule has 0 N–H and O–H groups in total. The lowest BCUT2D eigenvalue weighted by Crippen LogP contribution is -2.14. The summed E-state index contributed by atoms with van der Waals surface area (Å²) in [6.07, 6.45) is 0.690. The van der Waals surface area contributed by atoms with E-state index in [9.17, 15) is 4.79 Å².